The quantitative estimate of drug-likeness (QED) is 0.846. The zero-order chi connectivity index (χ0) is 11.3. The predicted molar refractivity (Wildman–Crippen MR) is 63.9 cm³/mol. The monoisotopic (exact) mass is 294 g/mol. The highest BCUT2D eigenvalue weighted by Crippen LogP contribution is 2.15. The van der Waals surface area contributed by atoms with Crippen LogP contribution in [0.2, 0.25) is 0 Å². The van der Waals surface area contributed by atoms with Crippen molar-refractivity contribution in [3.8, 4) is 0 Å². The smallest absolute Gasteiger partial charge is 0.166 e. The van der Waals surface area contributed by atoms with Crippen molar-refractivity contribution < 1.29 is 8.60 Å². The number of halogens is 2. The van der Waals surface area contributed by atoms with Crippen LogP contribution in [0.25, 0.3) is 0 Å². The molecule has 1 atom stereocenters. The molecule has 0 aliphatic carbocycles. The topological polar surface area (TPSA) is 42.0 Å². The third kappa shape index (κ3) is 4.70. The lowest BCUT2D eigenvalue weighted by molar-refractivity contribution is 0.623. The van der Waals surface area contributed by atoms with Crippen LogP contribution in [0.4, 0.5) is 10.2 Å². The van der Waals surface area contributed by atoms with E-state index >= 15 is 0 Å². The number of nitrogens with zero attached hydrogens (tertiary/aromatic N) is 1. The highest BCUT2D eigenvalue weighted by atomic mass is 79.9. The third-order valence-electron chi connectivity index (χ3n) is 1.71. The maximum absolute atomic E-state index is 13.2. The molecule has 0 aliphatic rings. The van der Waals surface area contributed by atoms with Gasteiger partial charge in [0.2, 0.25) is 0 Å². The van der Waals surface area contributed by atoms with Crippen molar-refractivity contribution in [2.75, 3.05) is 23.9 Å². The van der Waals surface area contributed by atoms with E-state index in [1.807, 2.05) is 0 Å². The predicted octanol–water partition coefficient (Wildman–Crippen LogP) is 2.16. The third-order valence-corrected chi connectivity index (χ3v) is 3.01. The van der Waals surface area contributed by atoms with E-state index in [1.165, 1.54) is 12.3 Å². The Balaban J connectivity index is 2.40. The zero-order valence-corrected chi connectivity index (χ0v) is 10.7. The lowest BCUT2D eigenvalue weighted by Crippen LogP contribution is -2.08. The molecule has 1 aromatic rings. The standard InChI is InChI=1S/C9H12BrFN2OS/c1-15(14)4-2-3-12-9-8(11)5-7(10)6-13-9/h5-6H,2-4H2,1H3,(H,12,13). The number of rotatable bonds is 5. The van der Waals surface area contributed by atoms with E-state index in [9.17, 15) is 8.60 Å². The van der Waals surface area contributed by atoms with Crippen LogP contribution in [0, 0.1) is 5.82 Å². The van der Waals surface area contributed by atoms with Gasteiger partial charge in [0.1, 0.15) is 0 Å². The summed E-state index contributed by atoms with van der Waals surface area (Å²) in [5, 5.41) is 2.85. The second kappa shape index (κ2) is 6.17. The first-order valence-electron chi connectivity index (χ1n) is 4.44. The summed E-state index contributed by atoms with van der Waals surface area (Å²) in [7, 11) is -0.794. The first-order chi connectivity index (χ1) is 7.09. The number of hydrogen-bond acceptors (Lipinski definition) is 3. The molecule has 15 heavy (non-hydrogen) atoms. The number of hydrogen-bond donors (Lipinski definition) is 1. The summed E-state index contributed by atoms with van der Waals surface area (Å²) >= 11 is 3.13. The molecule has 3 nitrogen and oxygen atoms in total. The Labute approximate surface area is 99.1 Å². The average Bonchev–Trinajstić information content (AvgIpc) is 2.14. The van der Waals surface area contributed by atoms with E-state index in [1.54, 1.807) is 6.26 Å². The fourth-order valence-electron chi connectivity index (χ4n) is 1.03. The molecular weight excluding hydrogens is 283 g/mol. The van der Waals surface area contributed by atoms with E-state index in [2.05, 4.69) is 26.2 Å². The largest absolute Gasteiger partial charge is 0.368 e. The second-order valence-electron chi connectivity index (χ2n) is 3.04. The Morgan fingerprint density at radius 2 is 2.40 bits per heavy atom. The number of anilines is 1. The molecule has 0 bridgehead atoms. The highest BCUT2D eigenvalue weighted by Gasteiger charge is 2.03. The molecule has 0 radical (unpaired) electrons. The van der Waals surface area contributed by atoms with Gasteiger partial charge in [-0.3, -0.25) is 4.21 Å². The molecule has 1 N–H and O–H groups in total. The van der Waals surface area contributed by atoms with Gasteiger partial charge in [0.15, 0.2) is 11.6 Å². The van der Waals surface area contributed by atoms with Crippen molar-refractivity contribution >= 4 is 32.5 Å². The highest BCUT2D eigenvalue weighted by molar-refractivity contribution is 9.10. The minimum absolute atomic E-state index is 0.236. The molecule has 0 fully saturated rings. The molecule has 0 saturated heterocycles. The van der Waals surface area contributed by atoms with Gasteiger partial charge in [0, 0.05) is 40.0 Å². The van der Waals surface area contributed by atoms with Gasteiger partial charge in [-0.25, -0.2) is 9.37 Å². The minimum Gasteiger partial charge on any atom is -0.368 e. The Hall–Kier alpha value is -0.490. The van der Waals surface area contributed by atoms with Gasteiger partial charge >= 0.3 is 0 Å². The Bertz CT molecular complexity index is 362. The van der Waals surface area contributed by atoms with E-state index in [-0.39, 0.29) is 11.6 Å². The lowest BCUT2D eigenvalue weighted by atomic mass is 10.4. The van der Waals surface area contributed by atoms with Gasteiger partial charge in [-0.05, 0) is 28.4 Å². The molecule has 0 saturated carbocycles. The molecule has 84 valence electrons. The summed E-state index contributed by atoms with van der Waals surface area (Å²) < 4.78 is 24.6. The second-order valence-corrected chi connectivity index (χ2v) is 5.51. The fourth-order valence-corrected chi connectivity index (χ4v) is 1.88. The van der Waals surface area contributed by atoms with Crippen LogP contribution >= 0.6 is 15.9 Å². The van der Waals surface area contributed by atoms with Gasteiger partial charge in [-0.1, -0.05) is 0 Å². The fraction of sp³-hybridized carbons (Fsp3) is 0.444. The molecule has 1 heterocycles. The van der Waals surface area contributed by atoms with Crippen molar-refractivity contribution in [1.82, 2.24) is 4.98 Å². The van der Waals surface area contributed by atoms with Gasteiger partial charge in [-0.2, -0.15) is 0 Å². The average molecular weight is 295 g/mol. The normalized spacial score (nSPS) is 12.5. The Morgan fingerprint density at radius 3 is 3.00 bits per heavy atom. The molecule has 1 rings (SSSR count). The summed E-state index contributed by atoms with van der Waals surface area (Å²) in [5.41, 5.74) is 0. The minimum atomic E-state index is -0.794. The van der Waals surface area contributed by atoms with E-state index < -0.39 is 10.8 Å². The molecule has 0 aliphatic heterocycles. The van der Waals surface area contributed by atoms with Crippen LogP contribution in [-0.2, 0) is 10.8 Å². The van der Waals surface area contributed by atoms with Crippen LogP contribution in [0.1, 0.15) is 6.42 Å². The van der Waals surface area contributed by atoms with Crippen molar-refractivity contribution in [2.45, 2.75) is 6.42 Å². The van der Waals surface area contributed by atoms with Gasteiger partial charge < -0.3 is 5.32 Å². The summed E-state index contributed by atoms with van der Waals surface area (Å²) in [6.07, 6.45) is 3.92. The van der Waals surface area contributed by atoms with E-state index in [0.717, 1.165) is 6.42 Å². The van der Waals surface area contributed by atoms with Crippen LogP contribution in [0.15, 0.2) is 16.7 Å². The van der Waals surface area contributed by atoms with Gasteiger partial charge in [0.25, 0.3) is 0 Å². The number of aromatic nitrogens is 1. The van der Waals surface area contributed by atoms with Crippen LogP contribution in [-0.4, -0.2) is 27.7 Å². The summed E-state index contributed by atoms with van der Waals surface area (Å²) in [5.74, 6) is 0.465. The number of pyridine rings is 1. The van der Waals surface area contributed by atoms with Crippen LogP contribution in [0.3, 0.4) is 0 Å². The Morgan fingerprint density at radius 1 is 1.67 bits per heavy atom. The van der Waals surface area contributed by atoms with Gasteiger partial charge in [0.05, 0.1) is 0 Å². The van der Waals surface area contributed by atoms with E-state index in [0.29, 0.717) is 16.8 Å². The van der Waals surface area contributed by atoms with Gasteiger partial charge in [-0.15, -0.1) is 0 Å². The first-order valence-corrected chi connectivity index (χ1v) is 6.96. The maximum Gasteiger partial charge on any atom is 0.166 e. The van der Waals surface area contributed by atoms with Crippen molar-refractivity contribution in [1.29, 1.82) is 0 Å². The molecular formula is C9H12BrFN2OS. The molecule has 0 spiro atoms. The first kappa shape index (κ1) is 12.6. The molecule has 1 aromatic heterocycles. The SMILES string of the molecule is CS(=O)CCCNc1ncc(Br)cc1F. The maximum atomic E-state index is 13.2. The summed E-state index contributed by atoms with van der Waals surface area (Å²) in [6.45, 7) is 0.575. The van der Waals surface area contributed by atoms with Crippen LogP contribution in [0.5, 0.6) is 0 Å². The summed E-state index contributed by atoms with van der Waals surface area (Å²) in [6, 6.07) is 1.35. The van der Waals surface area contributed by atoms with E-state index in [4.69, 9.17) is 0 Å². The molecule has 0 amide bonds. The summed E-state index contributed by atoms with van der Waals surface area (Å²) in [4.78, 5) is 3.89. The van der Waals surface area contributed by atoms with Crippen molar-refractivity contribution in [3.05, 3.63) is 22.6 Å². The van der Waals surface area contributed by atoms with Crippen molar-refractivity contribution in [3.63, 3.8) is 0 Å². The zero-order valence-electron chi connectivity index (χ0n) is 8.30. The Kier molecular flexibility index (Phi) is 5.17. The van der Waals surface area contributed by atoms with Crippen molar-refractivity contribution in [2.24, 2.45) is 0 Å². The molecule has 6 heteroatoms. The molecule has 0 aromatic carbocycles. The van der Waals surface area contributed by atoms with Crippen LogP contribution < -0.4 is 5.32 Å². The lowest BCUT2D eigenvalue weighted by Gasteiger charge is -2.05. The molecule has 1 unspecified atom stereocenters. The number of nitrogens with one attached hydrogen (secondary N) is 1.